The zero-order chi connectivity index (χ0) is 17.5. The Morgan fingerprint density at radius 2 is 1.96 bits per heavy atom. The van der Waals surface area contributed by atoms with Crippen molar-refractivity contribution >= 4 is 5.91 Å². The molecule has 1 unspecified atom stereocenters. The van der Waals surface area contributed by atoms with E-state index in [1.54, 1.807) is 0 Å². The molecule has 0 saturated carbocycles. The summed E-state index contributed by atoms with van der Waals surface area (Å²) in [6, 6.07) is 8.31. The van der Waals surface area contributed by atoms with Crippen LogP contribution in [0.15, 0.2) is 24.3 Å². The summed E-state index contributed by atoms with van der Waals surface area (Å²) in [4.78, 5) is 14.5. The predicted molar refractivity (Wildman–Crippen MR) is 97.0 cm³/mol. The molecule has 0 bridgehead atoms. The Morgan fingerprint density at radius 1 is 1.20 bits per heavy atom. The van der Waals surface area contributed by atoms with Gasteiger partial charge in [-0.25, -0.2) is 0 Å². The molecule has 2 aliphatic heterocycles. The SMILES string of the molecule is O=C(CCC1CCCO1)NCc1ccccc1CN1CCC(O)CC1. The minimum atomic E-state index is -0.144. The van der Waals surface area contributed by atoms with E-state index in [0.29, 0.717) is 13.0 Å². The molecule has 25 heavy (non-hydrogen) atoms. The van der Waals surface area contributed by atoms with Gasteiger partial charge >= 0.3 is 0 Å². The summed E-state index contributed by atoms with van der Waals surface area (Å²) in [7, 11) is 0. The molecule has 0 aliphatic carbocycles. The number of ether oxygens (including phenoxy) is 1. The highest BCUT2D eigenvalue weighted by Crippen LogP contribution is 2.18. The van der Waals surface area contributed by atoms with E-state index in [1.807, 2.05) is 6.07 Å². The van der Waals surface area contributed by atoms with E-state index in [1.165, 1.54) is 11.1 Å². The van der Waals surface area contributed by atoms with Gasteiger partial charge in [-0.2, -0.15) is 0 Å². The Bertz CT molecular complexity index is 550. The highest BCUT2D eigenvalue weighted by atomic mass is 16.5. The summed E-state index contributed by atoms with van der Waals surface area (Å²) in [6.45, 7) is 4.17. The number of piperidine rings is 1. The van der Waals surface area contributed by atoms with E-state index in [9.17, 15) is 9.90 Å². The second kappa shape index (κ2) is 9.32. The first-order valence-corrected chi connectivity index (χ1v) is 9.56. The molecule has 0 radical (unpaired) electrons. The lowest BCUT2D eigenvalue weighted by Gasteiger charge is -2.30. The van der Waals surface area contributed by atoms with Crippen molar-refractivity contribution in [1.29, 1.82) is 0 Å². The van der Waals surface area contributed by atoms with Gasteiger partial charge in [-0.15, -0.1) is 0 Å². The molecule has 0 aromatic heterocycles. The fraction of sp³-hybridized carbons (Fsp3) is 0.650. The second-order valence-electron chi connectivity index (χ2n) is 7.23. The molecule has 2 N–H and O–H groups in total. The Hall–Kier alpha value is -1.43. The summed E-state index contributed by atoms with van der Waals surface area (Å²) in [5, 5.41) is 12.7. The van der Waals surface area contributed by atoms with Gasteiger partial charge in [0.1, 0.15) is 0 Å². The highest BCUT2D eigenvalue weighted by molar-refractivity contribution is 5.75. The normalized spacial score (nSPS) is 22.2. The van der Waals surface area contributed by atoms with Gasteiger partial charge in [-0.05, 0) is 43.2 Å². The standard InChI is InChI=1S/C20H30N2O3/c23-18-9-11-22(12-10-18)15-17-5-2-1-4-16(17)14-21-20(24)8-7-19-6-3-13-25-19/h1-2,4-5,18-19,23H,3,6-15H2,(H,21,24). The van der Waals surface area contributed by atoms with E-state index in [-0.39, 0.29) is 18.1 Å². The maximum absolute atomic E-state index is 12.1. The summed E-state index contributed by atoms with van der Waals surface area (Å²) >= 11 is 0. The summed E-state index contributed by atoms with van der Waals surface area (Å²) in [6.07, 6.45) is 5.39. The molecule has 138 valence electrons. The van der Waals surface area contributed by atoms with Crippen molar-refractivity contribution in [2.75, 3.05) is 19.7 Å². The lowest BCUT2D eigenvalue weighted by Crippen LogP contribution is -2.35. The van der Waals surface area contributed by atoms with Gasteiger partial charge < -0.3 is 15.2 Å². The van der Waals surface area contributed by atoms with Crippen molar-refractivity contribution in [2.45, 2.75) is 63.8 Å². The summed E-state index contributed by atoms with van der Waals surface area (Å²) in [5.41, 5.74) is 2.44. The van der Waals surface area contributed by atoms with Crippen LogP contribution in [0, 0.1) is 0 Å². The van der Waals surface area contributed by atoms with E-state index < -0.39 is 0 Å². The number of aliphatic hydroxyl groups is 1. The van der Waals surface area contributed by atoms with Gasteiger partial charge in [0.15, 0.2) is 0 Å². The quantitative estimate of drug-likeness (QED) is 0.795. The Morgan fingerprint density at radius 3 is 2.68 bits per heavy atom. The number of aliphatic hydroxyl groups excluding tert-OH is 1. The van der Waals surface area contributed by atoms with Crippen LogP contribution < -0.4 is 5.32 Å². The first-order chi connectivity index (χ1) is 12.2. The number of likely N-dealkylation sites (tertiary alicyclic amines) is 1. The van der Waals surface area contributed by atoms with E-state index in [2.05, 4.69) is 28.4 Å². The number of rotatable bonds is 7. The molecule has 1 atom stereocenters. The summed E-state index contributed by atoms with van der Waals surface area (Å²) in [5.74, 6) is 0.103. The molecule has 2 saturated heterocycles. The fourth-order valence-corrected chi connectivity index (χ4v) is 3.65. The molecule has 5 nitrogen and oxygen atoms in total. The number of nitrogens with zero attached hydrogens (tertiary/aromatic N) is 1. The van der Waals surface area contributed by atoms with Crippen molar-refractivity contribution in [3.63, 3.8) is 0 Å². The van der Waals surface area contributed by atoms with Crippen LogP contribution in [0.25, 0.3) is 0 Å². The van der Waals surface area contributed by atoms with Crippen LogP contribution in [0.1, 0.15) is 49.7 Å². The van der Waals surface area contributed by atoms with Gasteiger partial charge in [0.25, 0.3) is 0 Å². The Kier molecular flexibility index (Phi) is 6.84. The smallest absolute Gasteiger partial charge is 0.220 e. The van der Waals surface area contributed by atoms with E-state index in [4.69, 9.17) is 4.74 Å². The average Bonchev–Trinajstić information content (AvgIpc) is 3.15. The molecule has 3 rings (SSSR count). The molecular formula is C20H30N2O3. The average molecular weight is 346 g/mol. The molecule has 2 aliphatic rings. The van der Waals surface area contributed by atoms with Gasteiger partial charge in [-0.3, -0.25) is 9.69 Å². The highest BCUT2D eigenvalue weighted by Gasteiger charge is 2.18. The maximum atomic E-state index is 12.1. The van der Waals surface area contributed by atoms with Crippen LogP contribution in [0.3, 0.4) is 0 Å². The maximum Gasteiger partial charge on any atom is 0.220 e. The van der Waals surface area contributed by atoms with Crippen molar-refractivity contribution in [3.8, 4) is 0 Å². The molecular weight excluding hydrogens is 316 g/mol. The van der Waals surface area contributed by atoms with Crippen LogP contribution in [0.4, 0.5) is 0 Å². The van der Waals surface area contributed by atoms with Crippen molar-refractivity contribution < 1.29 is 14.6 Å². The third kappa shape index (κ3) is 5.80. The minimum Gasteiger partial charge on any atom is -0.393 e. The molecule has 2 fully saturated rings. The van der Waals surface area contributed by atoms with Crippen LogP contribution in [0.5, 0.6) is 0 Å². The van der Waals surface area contributed by atoms with Crippen LogP contribution in [-0.2, 0) is 22.6 Å². The topological polar surface area (TPSA) is 61.8 Å². The van der Waals surface area contributed by atoms with Crippen LogP contribution in [0.2, 0.25) is 0 Å². The number of hydrogen-bond acceptors (Lipinski definition) is 4. The molecule has 5 heteroatoms. The third-order valence-corrected chi connectivity index (χ3v) is 5.26. The second-order valence-corrected chi connectivity index (χ2v) is 7.23. The van der Waals surface area contributed by atoms with Crippen molar-refractivity contribution in [1.82, 2.24) is 10.2 Å². The first kappa shape index (κ1) is 18.4. The monoisotopic (exact) mass is 346 g/mol. The number of hydrogen-bond donors (Lipinski definition) is 2. The van der Waals surface area contributed by atoms with Gasteiger partial charge in [-0.1, -0.05) is 24.3 Å². The Labute approximate surface area is 150 Å². The van der Waals surface area contributed by atoms with E-state index >= 15 is 0 Å². The number of carbonyl (C=O) groups is 1. The zero-order valence-electron chi connectivity index (χ0n) is 15.0. The Balaban J connectivity index is 1.46. The van der Waals surface area contributed by atoms with E-state index in [0.717, 1.165) is 58.3 Å². The molecule has 0 spiro atoms. The molecule has 2 heterocycles. The molecule has 1 aromatic rings. The fourth-order valence-electron chi connectivity index (χ4n) is 3.65. The van der Waals surface area contributed by atoms with Crippen molar-refractivity contribution in [2.24, 2.45) is 0 Å². The number of nitrogens with one attached hydrogen (secondary N) is 1. The molecule has 1 aromatic carbocycles. The minimum absolute atomic E-state index is 0.103. The predicted octanol–water partition coefficient (Wildman–Crippen LogP) is 2.22. The number of amides is 1. The lowest BCUT2D eigenvalue weighted by molar-refractivity contribution is -0.121. The number of benzene rings is 1. The molecule has 1 amide bonds. The van der Waals surface area contributed by atoms with Gasteiger partial charge in [0, 0.05) is 39.2 Å². The van der Waals surface area contributed by atoms with Gasteiger partial charge in [0.05, 0.1) is 12.2 Å². The number of carbonyl (C=O) groups excluding carboxylic acids is 1. The largest absolute Gasteiger partial charge is 0.393 e. The third-order valence-electron chi connectivity index (χ3n) is 5.26. The van der Waals surface area contributed by atoms with Gasteiger partial charge in [0.2, 0.25) is 5.91 Å². The summed E-state index contributed by atoms with van der Waals surface area (Å²) < 4.78 is 5.57. The van der Waals surface area contributed by atoms with Crippen molar-refractivity contribution in [3.05, 3.63) is 35.4 Å². The van der Waals surface area contributed by atoms with Crippen LogP contribution in [-0.4, -0.2) is 47.8 Å². The lowest BCUT2D eigenvalue weighted by atomic mass is 10.0. The zero-order valence-corrected chi connectivity index (χ0v) is 15.0. The first-order valence-electron chi connectivity index (χ1n) is 9.56. The van der Waals surface area contributed by atoms with Crippen LogP contribution >= 0.6 is 0 Å².